The van der Waals surface area contributed by atoms with Gasteiger partial charge in [-0.3, -0.25) is 9.59 Å². The molecule has 422 valence electrons. The van der Waals surface area contributed by atoms with Crippen LogP contribution in [0.5, 0.6) is 5.75 Å². The highest BCUT2D eigenvalue weighted by atomic mass is 33.1. The third-order valence-corrected chi connectivity index (χ3v) is 25.7. The predicted molar refractivity (Wildman–Crippen MR) is 297 cm³/mol. The van der Waals surface area contributed by atoms with Crippen LogP contribution in [0.1, 0.15) is 147 Å². The summed E-state index contributed by atoms with van der Waals surface area (Å²) in [6.45, 7) is -0.325. The Bertz CT molecular complexity index is 3000. The average molecular weight is 1120 g/mol. The van der Waals surface area contributed by atoms with Crippen molar-refractivity contribution in [3.8, 4) is 5.75 Å². The van der Waals surface area contributed by atoms with Crippen molar-refractivity contribution in [2.45, 2.75) is 169 Å². The van der Waals surface area contributed by atoms with Crippen molar-refractivity contribution >= 4 is 39.4 Å². The molecule has 79 heavy (non-hydrogen) atoms. The Morgan fingerprint density at radius 2 is 1.66 bits per heavy atom. The van der Waals surface area contributed by atoms with Crippen LogP contribution < -0.4 is 15.4 Å². The second-order valence-corrected chi connectivity index (χ2v) is 29.4. The molecule has 16 heteroatoms. The zero-order valence-corrected chi connectivity index (χ0v) is 46.5. The summed E-state index contributed by atoms with van der Waals surface area (Å²) in [6, 6.07) is 12.2. The summed E-state index contributed by atoms with van der Waals surface area (Å²) in [6.07, 6.45) is 15.5. The number of carbonyl (C=O) groups is 3. The van der Waals surface area contributed by atoms with Crippen LogP contribution in [-0.2, 0) is 22.6 Å². The number of Topliss-reactive ketones (excluding diaryl/α,β-unsaturated/α-hetero) is 2. The number of allylic oxidation sites excluding steroid dienone is 6. The lowest BCUT2D eigenvalue weighted by Crippen LogP contribution is -2.81. The van der Waals surface area contributed by atoms with Crippen molar-refractivity contribution in [3.05, 3.63) is 111 Å². The van der Waals surface area contributed by atoms with E-state index in [-0.39, 0.29) is 76.6 Å². The van der Waals surface area contributed by atoms with E-state index in [0.717, 1.165) is 87.6 Å². The predicted octanol–water partition coefficient (Wildman–Crippen LogP) is 7.84. The van der Waals surface area contributed by atoms with Gasteiger partial charge >= 0.3 is 0 Å². The normalized spacial score (nSPS) is 42.1. The molecule has 4 spiro atoms. The van der Waals surface area contributed by atoms with E-state index in [9.17, 15) is 40.5 Å². The molecule has 15 atom stereocenters. The Morgan fingerprint density at radius 3 is 2.44 bits per heavy atom. The van der Waals surface area contributed by atoms with E-state index in [1.807, 2.05) is 24.3 Å². The summed E-state index contributed by atoms with van der Waals surface area (Å²) in [7, 11) is 2.91. The SMILES string of the molecule is O=C[C@H]1CC2(CCCC2)C[C@]12C[C@@H]1C[C@@H]3C[C@@H]4C[C@]5(CO)O[C@H]6Oc7cccc8c7C(=O)[C@@]7(C(O)=CC(Cc9cccc(CO)c9)=C[C@@H]7C8=O)[C@H](CCC7(O)CCCCC7)SSCNC7=CC(=C3CN7)[C@]1(C2)[C@@H]4[C@](O)([C@@H]5O)[C@H]6O. The Labute approximate surface area is 469 Å². The van der Waals surface area contributed by atoms with Crippen molar-refractivity contribution < 1.29 is 59.6 Å². The summed E-state index contributed by atoms with van der Waals surface area (Å²) in [4.78, 5) is 45.7. The minimum atomic E-state index is -2.34. The molecule has 10 bridgehead atoms. The highest BCUT2D eigenvalue weighted by Gasteiger charge is 2.79. The largest absolute Gasteiger partial charge is 0.511 e. The molecule has 3 aliphatic heterocycles. The number of fused-ring (bicyclic) bond motifs is 2. The molecule has 0 radical (unpaired) electrons. The number of hydrogen-bond donors (Lipinski definition) is 9. The maximum Gasteiger partial charge on any atom is 0.229 e. The zero-order chi connectivity index (χ0) is 54.5. The van der Waals surface area contributed by atoms with Crippen molar-refractivity contribution in [2.75, 3.05) is 19.0 Å². The van der Waals surface area contributed by atoms with Crippen LogP contribution in [0.2, 0.25) is 0 Å². The summed E-state index contributed by atoms with van der Waals surface area (Å²) in [5.74, 6) is -2.62. The van der Waals surface area contributed by atoms with Gasteiger partial charge in [0.05, 0.1) is 42.0 Å². The molecule has 3 heterocycles. The van der Waals surface area contributed by atoms with Gasteiger partial charge in [-0.2, -0.15) is 0 Å². The van der Waals surface area contributed by atoms with Crippen molar-refractivity contribution in [1.82, 2.24) is 10.6 Å². The number of aliphatic hydroxyl groups excluding tert-OH is 5. The third kappa shape index (κ3) is 7.65. The fraction of sp³-hybridized carbons (Fsp3) is 0.635. The molecule has 1 saturated heterocycles. The molecule has 13 aliphatic rings. The van der Waals surface area contributed by atoms with Crippen LogP contribution in [0.15, 0.2) is 89.0 Å². The summed E-state index contributed by atoms with van der Waals surface area (Å²) in [5, 5.41) is 93.8. The number of carbonyl (C=O) groups excluding carboxylic acids is 3. The quantitative estimate of drug-likeness (QED) is 0.0905. The number of benzene rings is 2. The Morgan fingerprint density at radius 1 is 0.873 bits per heavy atom. The van der Waals surface area contributed by atoms with Crippen molar-refractivity contribution in [3.63, 3.8) is 0 Å². The number of ether oxygens (including phenoxy) is 2. The van der Waals surface area contributed by atoms with E-state index < -0.39 is 81.4 Å². The van der Waals surface area contributed by atoms with Gasteiger partial charge in [0.25, 0.3) is 0 Å². The Kier molecular flexibility index (Phi) is 12.8. The van der Waals surface area contributed by atoms with Crippen molar-refractivity contribution in [1.29, 1.82) is 0 Å². The van der Waals surface area contributed by atoms with E-state index >= 15 is 9.59 Å². The average Bonchev–Trinajstić information content (AvgIpc) is 4.24. The third-order valence-electron chi connectivity index (χ3n) is 23.0. The molecule has 0 aromatic heterocycles. The molecule has 0 unspecified atom stereocenters. The van der Waals surface area contributed by atoms with Gasteiger partial charge in [-0.05, 0) is 165 Å². The lowest BCUT2D eigenvalue weighted by molar-refractivity contribution is -0.392. The maximum absolute atomic E-state index is 16.5. The first kappa shape index (κ1) is 53.1. The Balaban J connectivity index is 0.932. The minimum Gasteiger partial charge on any atom is -0.511 e. The van der Waals surface area contributed by atoms with E-state index in [0.29, 0.717) is 62.1 Å². The van der Waals surface area contributed by atoms with Gasteiger partial charge in [0.1, 0.15) is 46.6 Å². The van der Waals surface area contributed by atoms with Crippen LogP contribution in [0.25, 0.3) is 0 Å². The standard InChI is InChI=1S/C63H76N2O12S2/c66-29-36-9-6-8-35(18-36)19-37-20-45-51(70)42-10-7-11-46-50(42)53(71)62(45,47(69)21-37)48(12-17-59(74)15-2-1-3-16-59)79-78-34-65-49-24-44-43(28-64-49)38-22-39-25-60(33-68)56(73)63(75,54(72)55(76-46)77-60)52(39)61(44)32-58(27-40(61)23-38)31-57(13-4-5-14-57)26-41(58)30-67/h6-11,18,20-21,24,30,38-41,45,48,52,54-56,64-66,68-69,72-75H,1-5,12-17,19,22-23,25-29,31-34H2/t38-,39+,40-,41+,45+,48-,52+,54-,55+,56+,58-,60+,61+,62-,63+/m0/s1. The van der Waals surface area contributed by atoms with Gasteiger partial charge in [-0.15, -0.1) is 0 Å². The minimum absolute atomic E-state index is 0.00814. The van der Waals surface area contributed by atoms with Gasteiger partial charge < -0.3 is 60.6 Å². The van der Waals surface area contributed by atoms with Crippen LogP contribution in [-0.4, -0.2) is 113 Å². The summed E-state index contributed by atoms with van der Waals surface area (Å²) in [5.41, 5.74) is -3.64. The first-order valence-electron chi connectivity index (χ1n) is 29.5. The van der Waals surface area contributed by atoms with Gasteiger partial charge in [0.2, 0.25) is 6.29 Å². The number of dihydropyridines is 1. The van der Waals surface area contributed by atoms with Crippen LogP contribution in [0.4, 0.5) is 0 Å². The highest BCUT2D eigenvalue weighted by molar-refractivity contribution is 8.76. The lowest BCUT2D eigenvalue weighted by Gasteiger charge is -2.65. The molecule has 14 nitrogen and oxygen atoms in total. The molecule has 6 saturated carbocycles. The fourth-order valence-corrected chi connectivity index (χ4v) is 22.8. The molecule has 15 rings (SSSR count). The fourth-order valence-electron chi connectivity index (χ4n) is 20.0. The zero-order valence-electron chi connectivity index (χ0n) is 44.9. The first-order valence-corrected chi connectivity index (χ1v) is 31.9. The van der Waals surface area contributed by atoms with E-state index in [1.165, 1.54) is 39.5 Å². The molecule has 0 amide bonds. The van der Waals surface area contributed by atoms with E-state index in [1.54, 1.807) is 24.3 Å². The van der Waals surface area contributed by atoms with Gasteiger partial charge in [0, 0.05) is 34.6 Å². The molecular weight excluding hydrogens is 1040 g/mol. The molecule has 10 aliphatic carbocycles. The summed E-state index contributed by atoms with van der Waals surface area (Å²) < 4.78 is 13.6. The lowest BCUT2D eigenvalue weighted by atomic mass is 9.46. The highest BCUT2D eigenvalue weighted by Crippen LogP contribution is 2.79. The molecule has 2 aromatic rings. The Hall–Kier alpha value is -3.97. The second-order valence-electron chi connectivity index (χ2n) is 26.8. The molecule has 9 N–H and O–H groups in total. The smallest absolute Gasteiger partial charge is 0.229 e. The number of hydrogen-bond acceptors (Lipinski definition) is 16. The topological polar surface area (TPSA) is 235 Å². The van der Waals surface area contributed by atoms with Crippen LogP contribution >= 0.6 is 21.6 Å². The molecular formula is C63H76N2O12S2. The summed E-state index contributed by atoms with van der Waals surface area (Å²) >= 11 is 0. The number of rotatable bonds is 8. The molecule has 7 fully saturated rings. The van der Waals surface area contributed by atoms with Gasteiger partial charge in [0.15, 0.2) is 11.6 Å². The van der Waals surface area contributed by atoms with Crippen LogP contribution in [0.3, 0.4) is 0 Å². The number of aliphatic hydroxyl groups is 7. The van der Waals surface area contributed by atoms with Crippen molar-refractivity contribution in [2.24, 2.45) is 57.2 Å². The number of ketones is 2. The van der Waals surface area contributed by atoms with Gasteiger partial charge in [-0.25, -0.2) is 0 Å². The number of nitrogens with one attached hydrogen (secondary N) is 2. The first-order chi connectivity index (χ1) is 38.1. The van der Waals surface area contributed by atoms with E-state index in [2.05, 4.69) is 16.7 Å². The molecule has 2 aromatic carbocycles. The van der Waals surface area contributed by atoms with Gasteiger partial charge in [-0.1, -0.05) is 96.2 Å². The van der Waals surface area contributed by atoms with Crippen LogP contribution in [0, 0.1) is 57.2 Å². The maximum atomic E-state index is 16.5. The number of aldehydes is 1. The monoisotopic (exact) mass is 1120 g/mol. The second kappa shape index (κ2) is 19.0. The van der Waals surface area contributed by atoms with E-state index in [4.69, 9.17) is 9.47 Å².